The molecule has 7 nitrogen and oxygen atoms in total. The van der Waals surface area contributed by atoms with Gasteiger partial charge in [-0.2, -0.15) is 0 Å². The number of sulfone groups is 1. The molecule has 0 saturated carbocycles. The topological polar surface area (TPSA) is 102 Å². The first-order valence-corrected chi connectivity index (χ1v) is 11.2. The van der Waals surface area contributed by atoms with Gasteiger partial charge in [-0.1, -0.05) is 67.6 Å². The molecule has 0 saturated heterocycles. The minimum atomic E-state index is -3.19. The first-order valence-electron chi connectivity index (χ1n) is 9.39. The van der Waals surface area contributed by atoms with Gasteiger partial charge >= 0.3 is 6.09 Å². The summed E-state index contributed by atoms with van der Waals surface area (Å²) in [7, 11) is -3.19. The zero-order chi connectivity index (χ0) is 21.1. The van der Waals surface area contributed by atoms with Gasteiger partial charge in [-0.05, 0) is 11.1 Å². The molecule has 29 heavy (non-hydrogen) atoms. The maximum Gasteiger partial charge on any atom is 0.408 e. The third-order valence-electron chi connectivity index (χ3n) is 4.26. The third-order valence-corrected chi connectivity index (χ3v) is 5.96. The highest BCUT2D eigenvalue weighted by atomic mass is 32.2. The Balaban J connectivity index is 1.96. The molecular weight excluding hydrogens is 392 g/mol. The molecule has 8 heteroatoms. The van der Waals surface area contributed by atoms with E-state index in [-0.39, 0.29) is 31.1 Å². The van der Waals surface area contributed by atoms with Crippen LogP contribution < -0.4 is 10.6 Å². The van der Waals surface area contributed by atoms with E-state index in [2.05, 4.69) is 10.6 Å². The highest BCUT2D eigenvalue weighted by molar-refractivity contribution is 7.91. The first-order chi connectivity index (χ1) is 13.9. The van der Waals surface area contributed by atoms with Crippen molar-refractivity contribution in [2.45, 2.75) is 26.0 Å². The lowest BCUT2D eigenvalue weighted by molar-refractivity contribution is -0.122. The standard InChI is InChI=1S/C21H26N2O5S/c1-2-29(26,27)14-13-22-20(24)19(15-17-9-5-3-6-10-17)23-21(25)28-16-18-11-7-4-8-12-18/h3-12,19H,2,13-16H2,1H3,(H,22,24)(H,23,25)/t19-/m0/s1. The van der Waals surface area contributed by atoms with Crippen molar-refractivity contribution in [2.75, 3.05) is 18.1 Å². The van der Waals surface area contributed by atoms with Gasteiger partial charge in [-0.15, -0.1) is 0 Å². The number of benzene rings is 2. The summed E-state index contributed by atoms with van der Waals surface area (Å²) in [6.07, 6.45) is -0.459. The number of hydrogen-bond acceptors (Lipinski definition) is 5. The van der Waals surface area contributed by atoms with Crippen molar-refractivity contribution < 1.29 is 22.7 Å². The van der Waals surface area contributed by atoms with E-state index in [4.69, 9.17) is 4.74 Å². The molecule has 0 fully saturated rings. The fourth-order valence-corrected chi connectivity index (χ4v) is 3.27. The summed E-state index contributed by atoms with van der Waals surface area (Å²) < 4.78 is 28.4. The molecule has 0 spiro atoms. The summed E-state index contributed by atoms with van der Waals surface area (Å²) in [5, 5.41) is 5.16. The van der Waals surface area contributed by atoms with Crippen LogP contribution in [0, 0.1) is 0 Å². The molecule has 2 aromatic carbocycles. The lowest BCUT2D eigenvalue weighted by atomic mass is 10.1. The number of hydrogen-bond donors (Lipinski definition) is 2. The molecule has 0 unspecified atom stereocenters. The Labute approximate surface area is 171 Å². The van der Waals surface area contributed by atoms with Gasteiger partial charge in [-0.3, -0.25) is 4.79 Å². The second-order valence-electron chi connectivity index (χ2n) is 6.48. The number of ether oxygens (including phenoxy) is 1. The Kier molecular flexibility index (Phi) is 8.67. The third kappa shape index (κ3) is 8.35. The Hall–Kier alpha value is -2.87. The van der Waals surface area contributed by atoms with Crippen molar-refractivity contribution in [2.24, 2.45) is 0 Å². The highest BCUT2D eigenvalue weighted by Gasteiger charge is 2.22. The molecule has 0 aliphatic heterocycles. The molecule has 0 bridgehead atoms. The molecule has 0 aliphatic carbocycles. The van der Waals surface area contributed by atoms with Gasteiger partial charge in [0.2, 0.25) is 5.91 Å². The lowest BCUT2D eigenvalue weighted by Crippen LogP contribution is -2.49. The Bertz CT molecular complexity index is 886. The summed E-state index contributed by atoms with van der Waals surface area (Å²) in [4.78, 5) is 24.7. The number of carbonyl (C=O) groups is 2. The summed E-state index contributed by atoms with van der Waals surface area (Å²) in [6, 6.07) is 17.5. The predicted molar refractivity (Wildman–Crippen MR) is 111 cm³/mol. The zero-order valence-corrected chi connectivity index (χ0v) is 17.2. The van der Waals surface area contributed by atoms with Crippen LogP contribution >= 0.6 is 0 Å². The van der Waals surface area contributed by atoms with Gasteiger partial charge < -0.3 is 15.4 Å². The van der Waals surface area contributed by atoms with Crippen LogP contribution in [0.4, 0.5) is 4.79 Å². The van der Waals surface area contributed by atoms with Gasteiger partial charge in [0.15, 0.2) is 9.84 Å². The van der Waals surface area contributed by atoms with Crippen LogP contribution in [-0.2, 0) is 32.4 Å². The zero-order valence-electron chi connectivity index (χ0n) is 16.3. The molecule has 0 heterocycles. The SMILES string of the molecule is CCS(=O)(=O)CCNC(=O)[C@H](Cc1ccccc1)NC(=O)OCc1ccccc1. The van der Waals surface area contributed by atoms with E-state index in [0.29, 0.717) is 0 Å². The van der Waals surface area contributed by atoms with Crippen molar-refractivity contribution in [1.82, 2.24) is 10.6 Å². The molecule has 0 radical (unpaired) electrons. The number of carbonyl (C=O) groups excluding carboxylic acids is 2. The number of amides is 2. The van der Waals surface area contributed by atoms with Crippen LogP contribution in [0.2, 0.25) is 0 Å². The van der Waals surface area contributed by atoms with Crippen LogP contribution in [0.5, 0.6) is 0 Å². The average Bonchev–Trinajstić information content (AvgIpc) is 2.73. The van der Waals surface area contributed by atoms with Gasteiger partial charge in [0.1, 0.15) is 12.6 Å². The molecule has 2 aromatic rings. The second-order valence-corrected chi connectivity index (χ2v) is 8.95. The largest absolute Gasteiger partial charge is 0.445 e. The van der Waals surface area contributed by atoms with E-state index in [1.54, 1.807) is 6.92 Å². The molecule has 2 rings (SSSR count). The average molecular weight is 419 g/mol. The van der Waals surface area contributed by atoms with E-state index in [0.717, 1.165) is 11.1 Å². The predicted octanol–water partition coefficient (Wildman–Crippen LogP) is 2.08. The molecular formula is C21H26N2O5S. The normalized spacial score (nSPS) is 12.0. The fraction of sp³-hybridized carbons (Fsp3) is 0.333. The van der Waals surface area contributed by atoms with E-state index in [9.17, 15) is 18.0 Å². The maximum atomic E-state index is 12.6. The quantitative estimate of drug-likeness (QED) is 0.615. The lowest BCUT2D eigenvalue weighted by Gasteiger charge is -2.18. The summed E-state index contributed by atoms with van der Waals surface area (Å²) >= 11 is 0. The van der Waals surface area contributed by atoms with Crippen molar-refractivity contribution >= 4 is 21.8 Å². The highest BCUT2D eigenvalue weighted by Crippen LogP contribution is 2.05. The minimum absolute atomic E-state index is 0.0129. The van der Waals surface area contributed by atoms with Crippen molar-refractivity contribution in [3.8, 4) is 0 Å². The van der Waals surface area contributed by atoms with Crippen LogP contribution in [0.15, 0.2) is 60.7 Å². The number of nitrogens with one attached hydrogen (secondary N) is 2. The first kappa shape index (κ1) is 22.4. The number of rotatable bonds is 10. The molecule has 2 N–H and O–H groups in total. The fourth-order valence-electron chi connectivity index (χ4n) is 2.56. The van der Waals surface area contributed by atoms with E-state index >= 15 is 0 Å². The minimum Gasteiger partial charge on any atom is -0.445 e. The number of alkyl carbamates (subject to hydrolysis) is 1. The van der Waals surface area contributed by atoms with Gasteiger partial charge in [0.25, 0.3) is 0 Å². The van der Waals surface area contributed by atoms with Crippen LogP contribution in [0.25, 0.3) is 0 Å². The maximum absolute atomic E-state index is 12.6. The molecule has 2 amide bonds. The molecule has 0 aliphatic rings. The van der Waals surface area contributed by atoms with Gasteiger partial charge in [0.05, 0.1) is 5.75 Å². The van der Waals surface area contributed by atoms with E-state index in [1.165, 1.54) is 0 Å². The second kappa shape index (κ2) is 11.2. The van der Waals surface area contributed by atoms with Gasteiger partial charge in [0, 0.05) is 18.7 Å². The smallest absolute Gasteiger partial charge is 0.408 e. The monoisotopic (exact) mass is 418 g/mol. The Morgan fingerprint density at radius 2 is 1.55 bits per heavy atom. The molecule has 1 atom stereocenters. The van der Waals surface area contributed by atoms with Crippen LogP contribution in [0.3, 0.4) is 0 Å². The van der Waals surface area contributed by atoms with Crippen LogP contribution in [0.1, 0.15) is 18.1 Å². The van der Waals surface area contributed by atoms with Gasteiger partial charge in [-0.25, -0.2) is 13.2 Å². The summed E-state index contributed by atoms with van der Waals surface area (Å²) in [5.41, 5.74) is 1.69. The summed E-state index contributed by atoms with van der Waals surface area (Å²) in [6.45, 7) is 1.63. The van der Waals surface area contributed by atoms with Crippen molar-refractivity contribution in [3.05, 3.63) is 71.8 Å². The van der Waals surface area contributed by atoms with Crippen LogP contribution in [-0.4, -0.2) is 44.5 Å². The van der Waals surface area contributed by atoms with Crippen molar-refractivity contribution in [1.29, 1.82) is 0 Å². The molecule has 0 aromatic heterocycles. The van der Waals surface area contributed by atoms with E-state index in [1.807, 2.05) is 60.7 Å². The molecule has 156 valence electrons. The summed E-state index contributed by atoms with van der Waals surface area (Å²) in [5.74, 6) is -0.594. The van der Waals surface area contributed by atoms with E-state index < -0.39 is 27.9 Å². The van der Waals surface area contributed by atoms with Crippen molar-refractivity contribution in [3.63, 3.8) is 0 Å². The Morgan fingerprint density at radius 1 is 0.966 bits per heavy atom. The Morgan fingerprint density at radius 3 is 2.14 bits per heavy atom.